The lowest BCUT2D eigenvalue weighted by molar-refractivity contribution is -0.118. The zero-order valence-corrected chi connectivity index (χ0v) is 12.0. The van der Waals surface area contributed by atoms with Crippen LogP contribution in [0.15, 0.2) is 30.3 Å². The molecule has 0 aliphatic carbocycles. The van der Waals surface area contributed by atoms with Crippen molar-refractivity contribution in [2.45, 2.75) is 0 Å². The van der Waals surface area contributed by atoms with E-state index >= 15 is 0 Å². The number of nitrogens with zero attached hydrogens (tertiary/aromatic N) is 3. The molecule has 3 N–H and O–H groups in total. The zero-order chi connectivity index (χ0) is 15.5. The molecule has 0 atom stereocenters. The van der Waals surface area contributed by atoms with Gasteiger partial charge in [-0.05, 0) is 12.1 Å². The smallest absolute Gasteiger partial charge is 0.341 e. The predicted octanol–water partition coefficient (Wildman–Crippen LogP) is 1.24. The number of amides is 2. The van der Waals surface area contributed by atoms with Crippen LogP contribution >= 0.6 is 11.3 Å². The van der Waals surface area contributed by atoms with E-state index in [4.69, 9.17) is 10.5 Å². The maximum atomic E-state index is 11.9. The lowest BCUT2D eigenvalue weighted by atomic mass is 10.3. The highest BCUT2D eigenvalue weighted by molar-refractivity contribution is 7.17. The molecule has 8 nitrogen and oxygen atoms in total. The van der Waals surface area contributed by atoms with E-state index in [1.165, 1.54) is 0 Å². The third-order valence-electron chi connectivity index (χ3n) is 2.70. The molecule has 3 aromatic rings. The molecule has 1 radical (unpaired) electrons. The fraction of sp³-hybridized carbons (Fsp3) is 0.0769. The molecule has 0 aliphatic rings. The van der Waals surface area contributed by atoms with Gasteiger partial charge in [-0.25, -0.2) is 9.78 Å². The van der Waals surface area contributed by atoms with Gasteiger partial charge in [0.15, 0.2) is 23.6 Å². The zero-order valence-electron chi connectivity index (χ0n) is 11.1. The lowest BCUT2D eigenvalue weighted by Crippen LogP contribution is -2.23. The van der Waals surface area contributed by atoms with Gasteiger partial charge in [0, 0.05) is 0 Å². The number of nitrogens with one attached hydrogen (secondary N) is 1. The second-order valence-corrected chi connectivity index (χ2v) is 5.00. The van der Waals surface area contributed by atoms with Gasteiger partial charge in [0.2, 0.25) is 0 Å². The summed E-state index contributed by atoms with van der Waals surface area (Å²) in [4.78, 5) is 27.0. The monoisotopic (exact) mass is 316 g/mol. The van der Waals surface area contributed by atoms with Crippen LogP contribution < -0.4 is 15.8 Å². The van der Waals surface area contributed by atoms with Gasteiger partial charge in [-0.2, -0.15) is 4.68 Å². The van der Waals surface area contributed by atoms with Crippen LogP contribution in [0.2, 0.25) is 0 Å². The minimum absolute atomic E-state index is 0.183. The standard InChI is InChI=1S/C13H10N5O3S/c14-13(20)18-12-10(22-7-15-12)11(17-18)16-9(19)6-21-8-4-2-1-3-5-8/h1-5H,6H2,(H2,14,20)(H,16,17,19). The van der Waals surface area contributed by atoms with Crippen molar-refractivity contribution in [2.75, 3.05) is 11.9 Å². The van der Waals surface area contributed by atoms with Crippen molar-refractivity contribution in [1.82, 2.24) is 14.8 Å². The Bertz CT molecular complexity index is 827. The van der Waals surface area contributed by atoms with Crippen LogP contribution in [0.5, 0.6) is 5.75 Å². The number of nitrogens with two attached hydrogens (primary N) is 1. The van der Waals surface area contributed by atoms with Crippen LogP contribution in [0, 0.1) is 5.51 Å². The lowest BCUT2D eigenvalue weighted by Gasteiger charge is -2.05. The van der Waals surface area contributed by atoms with Crippen LogP contribution in [-0.4, -0.2) is 33.3 Å². The fourth-order valence-corrected chi connectivity index (χ4v) is 2.40. The van der Waals surface area contributed by atoms with E-state index in [1.54, 1.807) is 24.3 Å². The summed E-state index contributed by atoms with van der Waals surface area (Å²) in [5.74, 6) is 0.374. The maximum absolute atomic E-state index is 11.9. The first-order valence-corrected chi connectivity index (χ1v) is 7.00. The number of carbonyl (C=O) groups excluding carboxylic acids is 2. The largest absolute Gasteiger partial charge is 0.484 e. The van der Waals surface area contributed by atoms with E-state index in [9.17, 15) is 9.59 Å². The molecule has 3 rings (SSSR count). The van der Waals surface area contributed by atoms with E-state index < -0.39 is 11.9 Å². The van der Waals surface area contributed by atoms with E-state index in [1.807, 2.05) is 6.07 Å². The molecule has 0 saturated heterocycles. The molecule has 0 aliphatic heterocycles. The van der Waals surface area contributed by atoms with Gasteiger partial charge in [-0.3, -0.25) is 4.79 Å². The summed E-state index contributed by atoms with van der Waals surface area (Å²) in [6.45, 7) is -0.183. The number of anilines is 1. The number of hydrogen-bond donors (Lipinski definition) is 2. The summed E-state index contributed by atoms with van der Waals surface area (Å²) < 4.78 is 6.76. The number of thiazole rings is 1. The molecule has 0 fully saturated rings. The van der Waals surface area contributed by atoms with Crippen molar-refractivity contribution < 1.29 is 14.3 Å². The quantitative estimate of drug-likeness (QED) is 0.752. The van der Waals surface area contributed by atoms with Crippen molar-refractivity contribution in [2.24, 2.45) is 5.73 Å². The molecule has 1 aromatic carbocycles. The Balaban J connectivity index is 1.71. The Morgan fingerprint density at radius 1 is 1.36 bits per heavy atom. The molecule has 0 unspecified atom stereocenters. The van der Waals surface area contributed by atoms with Crippen LogP contribution in [0.25, 0.3) is 10.3 Å². The number of aromatic nitrogens is 3. The fourth-order valence-electron chi connectivity index (χ4n) is 1.77. The Hall–Kier alpha value is -2.94. The van der Waals surface area contributed by atoms with Crippen molar-refractivity contribution in [3.05, 3.63) is 35.8 Å². The molecule has 2 amide bonds. The van der Waals surface area contributed by atoms with Crippen molar-refractivity contribution in [3.8, 4) is 5.75 Å². The van der Waals surface area contributed by atoms with Crippen LogP contribution in [0.4, 0.5) is 10.6 Å². The number of carbonyl (C=O) groups is 2. The Labute approximate surface area is 128 Å². The topological polar surface area (TPSA) is 112 Å². The van der Waals surface area contributed by atoms with Crippen molar-refractivity contribution in [3.63, 3.8) is 0 Å². The number of ether oxygens (including phenoxy) is 1. The van der Waals surface area contributed by atoms with E-state index in [0.717, 1.165) is 16.0 Å². The summed E-state index contributed by atoms with van der Waals surface area (Å²) in [6, 6.07) is 8.15. The van der Waals surface area contributed by atoms with Crippen LogP contribution in [-0.2, 0) is 4.79 Å². The number of rotatable bonds is 4. The molecule has 0 saturated carbocycles. The number of fused-ring (bicyclic) bond motifs is 1. The SMILES string of the molecule is NC(=O)n1nc(NC(=O)COc2ccccc2)c2s[c]nc21. The van der Waals surface area contributed by atoms with Gasteiger partial charge in [0.25, 0.3) is 5.91 Å². The van der Waals surface area contributed by atoms with Gasteiger partial charge in [0.05, 0.1) is 0 Å². The highest BCUT2D eigenvalue weighted by Gasteiger charge is 2.18. The molecule has 2 aromatic heterocycles. The molecule has 0 spiro atoms. The second-order valence-electron chi connectivity index (χ2n) is 4.21. The molecule has 22 heavy (non-hydrogen) atoms. The van der Waals surface area contributed by atoms with Gasteiger partial charge in [0.1, 0.15) is 10.4 Å². The number of benzene rings is 1. The van der Waals surface area contributed by atoms with E-state index in [0.29, 0.717) is 10.4 Å². The normalized spacial score (nSPS) is 10.5. The molecular weight excluding hydrogens is 306 g/mol. The average molecular weight is 316 g/mol. The summed E-state index contributed by atoms with van der Waals surface area (Å²) in [6.07, 6.45) is 0. The number of hydrogen-bond acceptors (Lipinski definition) is 6. The molecular formula is C13H10N5O3S. The molecule has 9 heteroatoms. The molecule has 2 heterocycles. The molecule has 0 bridgehead atoms. The third-order valence-corrected chi connectivity index (χ3v) is 3.46. The van der Waals surface area contributed by atoms with Gasteiger partial charge in [-0.15, -0.1) is 16.4 Å². The minimum Gasteiger partial charge on any atom is -0.484 e. The molecule has 111 valence electrons. The van der Waals surface area contributed by atoms with Crippen LogP contribution in [0.1, 0.15) is 0 Å². The highest BCUT2D eigenvalue weighted by Crippen LogP contribution is 2.25. The van der Waals surface area contributed by atoms with Gasteiger partial charge >= 0.3 is 6.03 Å². The summed E-state index contributed by atoms with van der Waals surface area (Å²) in [5.41, 5.74) is 8.08. The second kappa shape index (κ2) is 5.82. The first-order valence-electron chi connectivity index (χ1n) is 6.18. The Morgan fingerprint density at radius 2 is 2.14 bits per heavy atom. The third kappa shape index (κ3) is 2.74. The van der Waals surface area contributed by atoms with Crippen molar-refractivity contribution >= 4 is 39.4 Å². The summed E-state index contributed by atoms with van der Waals surface area (Å²) >= 11 is 1.13. The number of primary amides is 1. The Kier molecular flexibility index (Phi) is 3.71. The van der Waals surface area contributed by atoms with Crippen molar-refractivity contribution in [1.29, 1.82) is 0 Å². The predicted molar refractivity (Wildman–Crippen MR) is 79.8 cm³/mol. The minimum atomic E-state index is -0.787. The van der Waals surface area contributed by atoms with E-state index in [-0.39, 0.29) is 18.1 Å². The summed E-state index contributed by atoms with van der Waals surface area (Å²) in [5, 5.41) is 6.49. The van der Waals surface area contributed by atoms with Gasteiger partial charge in [-0.1, -0.05) is 18.2 Å². The first-order chi connectivity index (χ1) is 10.6. The van der Waals surface area contributed by atoms with Gasteiger partial charge < -0.3 is 15.8 Å². The summed E-state index contributed by atoms with van der Waals surface area (Å²) in [7, 11) is 0. The highest BCUT2D eigenvalue weighted by atomic mass is 32.1. The average Bonchev–Trinajstić information content (AvgIpc) is 3.10. The first kappa shape index (κ1) is 14.0. The maximum Gasteiger partial charge on any atom is 0.341 e. The van der Waals surface area contributed by atoms with E-state index in [2.05, 4.69) is 20.9 Å². The van der Waals surface area contributed by atoms with Crippen LogP contribution in [0.3, 0.4) is 0 Å². The number of para-hydroxylation sites is 1. The Morgan fingerprint density at radius 3 is 2.86 bits per heavy atom.